The molecule has 6 heteroatoms. The van der Waals surface area contributed by atoms with Crippen molar-refractivity contribution in [2.75, 3.05) is 11.9 Å². The first-order valence-corrected chi connectivity index (χ1v) is 7.59. The molecule has 0 aliphatic rings. The third-order valence-electron chi connectivity index (χ3n) is 3.08. The van der Waals surface area contributed by atoms with Crippen molar-refractivity contribution < 1.29 is 4.74 Å². The molecule has 1 N–H and O–H groups in total. The lowest BCUT2D eigenvalue weighted by Gasteiger charge is -2.09. The Kier molecular flexibility index (Phi) is 3.96. The number of ether oxygens (including phenoxy) is 1. The molecular formula is C15H16N4OS. The van der Waals surface area contributed by atoms with Gasteiger partial charge >= 0.3 is 0 Å². The Morgan fingerprint density at radius 2 is 2.14 bits per heavy atom. The van der Waals surface area contributed by atoms with Crippen LogP contribution >= 0.6 is 11.5 Å². The lowest BCUT2D eigenvalue weighted by Crippen LogP contribution is -2.02. The molecule has 0 radical (unpaired) electrons. The summed E-state index contributed by atoms with van der Waals surface area (Å²) in [5.41, 5.74) is 2.68. The Bertz CT molecular complexity index is 756. The molecule has 5 nitrogen and oxygen atoms in total. The summed E-state index contributed by atoms with van der Waals surface area (Å²) >= 11 is 1.35. The zero-order valence-corrected chi connectivity index (χ0v) is 12.8. The smallest absolute Gasteiger partial charge is 0.146 e. The third kappa shape index (κ3) is 2.95. The van der Waals surface area contributed by atoms with Crippen LogP contribution in [0.1, 0.15) is 18.3 Å². The molecule has 0 fully saturated rings. The Labute approximate surface area is 127 Å². The van der Waals surface area contributed by atoms with Crippen molar-refractivity contribution in [1.82, 2.24) is 14.6 Å². The molecule has 2 heterocycles. The standard InChI is InChI=1S/C15H16N4OS/c1-3-16-15-12(18-19-21-15)9-20-13-6-4-5-11-8-7-10(2)17-14(11)13/h4-8,16H,3,9H2,1-2H3. The molecule has 3 aromatic rings. The van der Waals surface area contributed by atoms with Crippen LogP contribution in [0.5, 0.6) is 5.75 Å². The highest BCUT2D eigenvalue weighted by Crippen LogP contribution is 2.26. The van der Waals surface area contributed by atoms with Crippen LogP contribution in [0, 0.1) is 6.92 Å². The van der Waals surface area contributed by atoms with Crippen LogP contribution < -0.4 is 10.1 Å². The monoisotopic (exact) mass is 300 g/mol. The summed E-state index contributed by atoms with van der Waals surface area (Å²) in [7, 11) is 0. The average Bonchev–Trinajstić information content (AvgIpc) is 2.93. The van der Waals surface area contributed by atoms with Crippen molar-refractivity contribution in [3.05, 3.63) is 41.7 Å². The number of nitrogens with zero attached hydrogens (tertiary/aromatic N) is 3. The highest BCUT2D eigenvalue weighted by atomic mass is 32.1. The number of pyridine rings is 1. The topological polar surface area (TPSA) is 59.9 Å². The fourth-order valence-corrected chi connectivity index (χ4v) is 2.71. The first kappa shape index (κ1) is 13.8. The van der Waals surface area contributed by atoms with Crippen molar-refractivity contribution in [3.63, 3.8) is 0 Å². The second kappa shape index (κ2) is 6.05. The summed E-state index contributed by atoms with van der Waals surface area (Å²) in [6.45, 7) is 5.24. The maximum atomic E-state index is 5.91. The zero-order chi connectivity index (χ0) is 14.7. The molecule has 21 heavy (non-hydrogen) atoms. The van der Waals surface area contributed by atoms with Gasteiger partial charge in [0.1, 0.15) is 28.6 Å². The minimum Gasteiger partial charge on any atom is -0.485 e. The Morgan fingerprint density at radius 3 is 3.00 bits per heavy atom. The molecule has 0 saturated carbocycles. The number of fused-ring (bicyclic) bond motifs is 1. The first-order chi connectivity index (χ1) is 10.3. The number of aryl methyl sites for hydroxylation is 1. The van der Waals surface area contributed by atoms with Crippen molar-refractivity contribution >= 4 is 27.4 Å². The second-order valence-corrected chi connectivity index (χ2v) is 5.40. The Balaban J connectivity index is 1.85. The highest BCUT2D eigenvalue weighted by molar-refractivity contribution is 7.10. The predicted molar refractivity (Wildman–Crippen MR) is 84.9 cm³/mol. The minimum atomic E-state index is 0.383. The number of nitrogens with one attached hydrogen (secondary N) is 1. The van der Waals surface area contributed by atoms with E-state index in [1.165, 1.54) is 11.5 Å². The Morgan fingerprint density at radius 1 is 1.24 bits per heavy atom. The van der Waals surface area contributed by atoms with Gasteiger partial charge in [-0.2, -0.15) is 0 Å². The molecule has 0 spiro atoms. The van der Waals surface area contributed by atoms with Crippen molar-refractivity contribution in [2.24, 2.45) is 0 Å². The van der Waals surface area contributed by atoms with Crippen molar-refractivity contribution in [2.45, 2.75) is 20.5 Å². The molecule has 3 rings (SSSR count). The predicted octanol–water partition coefficient (Wildman–Crippen LogP) is 3.41. The molecule has 108 valence electrons. The van der Waals surface area contributed by atoms with E-state index in [9.17, 15) is 0 Å². The number of rotatable bonds is 5. The summed E-state index contributed by atoms with van der Waals surface area (Å²) in [5.74, 6) is 0.770. The summed E-state index contributed by atoms with van der Waals surface area (Å²) in [6, 6.07) is 9.99. The van der Waals surface area contributed by atoms with Crippen LogP contribution in [0.25, 0.3) is 10.9 Å². The quantitative estimate of drug-likeness (QED) is 0.782. The van der Waals surface area contributed by atoms with E-state index in [4.69, 9.17) is 4.74 Å². The molecule has 0 amide bonds. The van der Waals surface area contributed by atoms with E-state index in [2.05, 4.69) is 26.0 Å². The molecule has 0 unspecified atom stereocenters. The van der Waals surface area contributed by atoms with Gasteiger partial charge in [-0.1, -0.05) is 22.7 Å². The summed E-state index contributed by atoms with van der Waals surface area (Å²) < 4.78 is 9.87. The first-order valence-electron chi connectivity index (χ1n) is 6.82. The molecule has 0 atom stereocenters. The van der Waals surface area contributed by atoms with Crippen LogP contribution in [0.4, 0.5) is 5.00 Å². The number of hydrogen-bond acceptors (Lipinski definition) is 6. The van der Waals surface area contributed by atoms with E-state index < -0.39 is 0 Å². The van der Waals surface area contributed by atoms with Gasteiger partial charge in [0.05, 0.1) is 0 Å². The molecule has 2 aromatic heterocycles. The normalized spacial score (nSPS) is 10.8. The van der Waals surface area contributed by atoms with Gasteiger partial charge in [-0.05, 0) is 26.0 Å². The van der Waals surface area contributed by atoms with Gasteiger partial charge in [0.25, 0.3) is 0 Å². The van der Waals surface area contributed by atoms with Crippen molar-refractivity contribution in [3.8, 4) is 5.75 Å². The van der Waals surface area contributed by atoms with E-state index >= 15 is 0 Å². The van der Waals surface area contributed by atoms with Crippen molar-refractivity contribution in [1.29, 1.82) is 0 Å². The van der Waals surface area contributed by atoms with E-state index in [0.29, 0.717) is 6.61 Å². The maximum Gasteiger partial charge on any atom is 0.146 e. The zero-order valence-electron chi connectivity index (χ0n) is 12.0. The van der Waals surface area contributed by atoms with Crippen LogP contribution in [0.2, 0.25) is 0 Å². The molecule has 0 aliphatic carbocycles. The molecule has 0 bridgehead atoms. The number of hydrogen-bond donors (Lipinski definition) is 1. The molecule has 0 aliphatic heterocycles. The van der Waals surface area contributed by atoms with Gasteiger partial charge in [-0.3, -0.25) is 0 Å². The SMILES string of the molecule is CCNc1snnc1COc1cccc2ccc(C)nc12. The lowest BCUT2D eigenvalue weighted by molar-refractivity contribution is 0.305. The van der Waals surface area contributed by atoms with E-state index in [1.807, 2.05) is 38.1 Å². The molecule has 0 saturated heterocycles. The number of anilines is 1. The number of aromatic nitrogens is 3. The lowest BCUT2D eigenvalue weighted by atomic mass is 10.2. The van der Waals surface area contributed by atoms with Gasteiger partial charge in [-0.25, -0.2) is 4.98 Å². The number of benzene rings is 1. The second-order valence-electron chi connectivity index (χ2n) is 4.65. The average molecular weight is 300 g/mol. The number of para-hydroxylation sites is 1. The molecule has 1 aromatic carbocycles. The van der Waals surface area contributed by atoms with Gasteiger partial charge < -0.3 is 10.1 Å². The van der Waals surface area contributed by atoms with Crippen LogP contribution in [-0.4, -0.2) is 21.1 Å². The van der Waals surface area contributed by atoms with Crippen LogP contribution in [0.3, 0.4) is 0 Å². The third-order valence-corrected chi connectivity index (χ3v) is 3.81. The largest absolute Gasteiger partial charge is 0.485 e. The van der Waals surface area contributed by atoms with Crippen LogP contribution in [0.15, 0.2) is 30.3 Å². The van der Waals surface area contributed by atoms with Gasteiger partial charge in [-0.15, -0.1) is 5.10 Å². The molecular weight excluding hydrogens is 284 g/mol. The Hall–Kier alpha value is -2.21. The fraction of sp³-hybridized carbons (Fsp3) is 0.267. The summed E-state index contributed by atoms with van der Waals surface area (Å²) in [6.07, 6.45) is 0. The minimum absolute atomic E-state index is 0.383. The van der Waals surface area contributed by atoms with E-state index in [1.54, 1.807) is 0 Å². The summed E-state index contributed by atoms with van der Waals surface area (Å²) in [5, 5.41) is 9.38. The fourth-order valence-electron chi connectivity index (χ4n) is 2.08. The van der Waals surface area contributed by atoms with Crippen LogP contribution in [-0.2, 0) is 6.61 Å². The van der Waals surface area contributed by atoms with Gasteiger partial charge in [0.2, 0.25) is 0 Å². The van der Waals surface area contributed by atoms with Gasteiger partial charge in [0.15, 0.2) is 0 Å². The van der Waals surface area contributed by atoms with E-state index in [0.717, 1.165) is 39.6 Å². The maximum absolute atomic E-state index is 5.91. The van der Waals surface area contributed by atoms with Gasteiger partial charge in [0, 0.05) is 29.2 Å². The van der Waals surface area contributed by atoms with E-state index in [-0.39, 0.29) is 0 Å². The summed E-state index contributed by atoms with van der Waals surface area (Å²) in [4.78, 5) is 4.56. The highest BCUT2D eigenvalue weighted by Gasteiger charge is 2.10.